The van der Waals surface area contributed by atoms with Crippen LogP contribution in [-0.4, -0.2) is 41.5 Å². The Kier molecular flexibility index (Phi) is 6.80. The third-order valence-corrected chi connectivity index (χ3v) is 6.30. The number of nitrogens with zero attached hydrogens (tertiary/aromatic N) is 3. The second-order valence-corrected chi connectivity index (χ2v) is 8.65. The third-order valence-electron chi connectivity index (χ3n) is 4.59. The smallest absolute Gasteiger partial charge is 0.263 e. The Morgan fingerprint density at radius 1 is 1.28 bits per heavy atom. The van der Waals surface area contributed by atoms with E-state index in [0.29, 0.717) is 48.0 Å². The second-order valence-electron chi connectivity index (χ2n) is 6.61. The number of aliphatic imine (C=N–C) groups is 1. The van der Waals surface area contributed by atoms with Crippen molar-refractivity contribution in [1.82, 2.24) is 24.8 Å². The van der Waals surface area contributed by atoms with Crippen molar-refractivity contribution in [3.8, 4) is 0 Å². The fourth-order valence-corrected chi connectivity index (χ4v) is 4.62. The predicted octanol–water partition coefficient (Wildman–Crippen LogP) is 1.88. The molecule has 0 bridgehead atoms. The Morgan fingerprint density at radius 3 is 2.86 bits per heavy atom. The topological polar surface area (TPSA) is 121 Å². The van der Waals surface area contributed by atoms with Gasteiger partial charge in [0.15, 0.2) is 10.6 Å². The Morgan fingerprint density at radius 2 is 2.07 bits per heavy atom. The number of carbonyl (C=O) groups excluding carboxylic acids is 1. The van der Waals surface area contributed by atoms with Crippen molar-refractivity contribution < 1.29 is 13.2 Å². The molecule has 0 saturated carbocycles. The molecule has 0 spiro atoms. The van der Waals surface area contributed by atoms with Gasteiger partial charge in [-0.2, -0.15) is 5.10 Å². The molecule has 11 heteroatoms. The highest BCUT2D eigenvalue weighted by Crippen LogP contribution is 2.22. The zero-order chi connectivity index (χ0) is 20.9. The van der Waals surface area contributed by atoms with Gasteiger partial charge in [-0.05, 0) is 44.1 Å². The van der Waals surface area contributed by atoms with Crippen LogP contribution in [0.3, 0.4) is 0 Å². The molecule has 0 atom stereocenters. The van der Waals surface area contributed by atoms with E-state index < -0.39 is 10.0 Å². The first-order valence-electron chi connectivity index (χ1n) is 9.50. The van der Waals surface area contributed by atoms with Crippen LogP contribution in [0.15, 0.2) is 34.2 Å². The first-order valence-corrected chi connectivity index (χ1v) is 11.4. The van der Waals surface area contributed by atoms with E-state index in [-0.39, 0.29) is 10.8 Å². The molecule has 0 unspecified atom stereocenters. The SMILES string of the molecule is CCn1c(CNC(=O)CCCCCN=C2NS(=O)(=O)c3ccccc32)n[nH]c1=S. The highest BCUT2D eigenvalue weighted by atomic mass is 32.2. The van der Waals surface area contributed by atoms with Gasteiger partial charge in [0.2, 0.25) is 5.91 Å². The van der Waals surface area contributed by atoms with Crippen LogP contribution in [0, 0.1) is 4.77 Å². The molecule has 1 aliphatic heterocycles. The van der Waals surface area contributed by atoms with Gasteiger partial charge >= 0.3 is 0 Å². The van der Waals surface area contributed by atoms with Crippen molar-refractivity contribution in [2.24, 2.45) is 4.99 Å². The number of sulfonamides is 1. The maximum atomic E-state index is 12.0. The quantitative estimate of drug-likeness (QED) is 0.409. The number of aromatic nitrogens is 3. The summed E-state index contributed by atoms with van der Waals surface area (Å²) in [4.78, 5) is 16.6. The van der Waals surface area contributed by atoms with Gasteiger partial charge in [-0.1, -0.05) is 18.6 Å². The average molecular weight is 437 g/mol. The molecular formula is C18H24N6O3S2. The van der Waals surface area contributed by atoms with E-state index in [9.17, 15) is 13.2 Å². The minimum atomic E-state index is -3.50. The molecule has 0 saturated heterocycles. The van der Waals surface area contributed by atoms with Gasteiger partial charge in [0.25, 0.3) is 10.0 Å². The Balaban J connectivity index is 1.38. The number of carbonyl (C=O) groups is 1. The summed E-state index contributed by atoms with van der Waals surface area (Å²) in [6.07, 6.45) is 2.75. The van der Waals surface area contributed by atoms with Crippen LogP contribution in [0.2, 0.25) is 0 Å². The molecule has 0 radical (unpaired) electrons. The predicted molar refractivity (Wildman–Crippen MR) is 112 cm³/mol. The molecule has 0 aliphatic carbocycles. The summed E-state index contributed by atoms with van der Waals surface area (Å²) in [6, 6.07) is 6.79. The lowest BCUT2D eigenvalue weighted by Crippen LogP contribution is -2.24. The summed E-state index contributed by atoms with van der Waals surface area (Å²) in [6.45, 7) is 3.50. The third kappa shape index (κ3) is 5.10. The number of hydrogen-bond donors (Lipinski definition) is 3. The normalized spacial score (nSPS) is 15.8. The first-order chi connectivity index (χ1) is 13.9. The van der Waals surface area contributed by atoms with E-state index in [1.54, 1.807) is 24.3 Å². The summed E-state index contributed by atoms with van der Waals surface area (Å²) in [5, 5.41) is 9.68. The van der Waals surface area contributed by atoms with Gasteiger partial charge in [0, 0.05) is 25.1 Å². The Bertz CT molecular complexity index is 1070. The molecule has 1 amide bonds. The lowest BCUT2D eigenvalue weighted by molar-refractivity contribution is -0.121. The van der Waals surface area contributed by atoms with E-state index >= 15 is 0 Å². The second kappa shape index (κ2) is 9.31. The number of benzene rings is 1. The maximum Gasteiger partial charge on any atom is 0.263 e. The molecule has 1 aliphatic rings. The van der Waals surface area contributed by atoms with Crippen molar-refractivity contribution >= 4 is 34.0 Å². The van der Waals surface area contributed by atoms with Gasteiger partial charge < -0.3 is 9.88 Å². The zero-order valence-electron chi connectivity index (χ0n) is 16.1. The van der Waals surface area contributed by atoms with Crippen molar-refractivity contribution in [1.29, 1.82) is 0 Å². The number of unbranched alkanes of at least 4 members (excludes halogenated alkanes) is 2. The van der Waals surface area contributed by atoms with Crippen molar-refractivity contribution in [2.75, 3.05) is 6.54 Å². The minimum absolute atomic E-state index is 0.0367. The van der Waals surface area contributed by atoms with Gasteiger partial charge in [-0.3, -0.25) is 19.6 Å². The van der Waals surface area contributed by atoms with Gasteiger partial charge in [0.05, 0.1) is 11.4 Å². The maximum absolute atomic E-state index is 12.0. The largest absolute Gasteiger partial charge is 0.349 e. The molecule has 9 nitrogen and oxygen atoms in total. The average Bonchev–Trinajstić information content (AvgIpc) is 3.19. The monoisotopic (exact) mass is 436 g/mol. The molecule has 1 aromatic heterocycles. The molecule has 1 aromatic carbocycles. The number of fused-ring (bicyclic) bond motifs is 1. The fraction of sp³-hybridized carbons (Fsp3) is 0.444. The van der Waals surface area contributed by atoms with Crippen molar-refractivity contribution in [3.05, 3.63) is 40.4 Å². The highest BCUT2D eigenvalue weighted by molar-refractivity contribution is 7.90. The first kappa shape index (κ1) is 21.2. The summed E-state index contributed by atoms with van der Waals surface area (Å²) in [5.74, 6) is 1.06. The summed E-state index contributed by atoms with van der Waals surface area (Å²) < 4.78 is 28.9. The number of rotatable bonds is 9. The van der Waals surface area contributed by atoms with Crippen molar-refractivity contribution in [2.45, 2.75) is 50.6 Å². The number of hydrogen-bond acceptors (Lipinski definition) is 6. The lowest BCUT2D eigenvalue weighted by Gasteiger charge is -2.06. The molecule has 3 N–H and O–H groups in total. The van der Waals surface area contributed by atoms with Crippen LogP contribution in [0.5, 0.6) is 0 Å². The van der Waals surface area contributed by atoms with E-state index in [0.717, 1.165) is 19.3 Å². The highest BCUT2D eigenvalue weighted by Gasteiger charge is 2.29. The lowest BCUT2D eigenvalue weighted by atomic mass is 10.2. The van der Waals surface area contributed by atoms with E-state index in [1.165, 1.54) is 0 Å². The number of aromatic amines is 1. The van der Waals surface area contributed by atoms with E-state index in [1.807, 2.05) is 11.5 Å². The molecule has 2 aromatic rings. The fourth-order valence-electron chi connectivity index (χ4n) is 3.09. The van der Waals surface area contributed by atoms with E-state index in [4.69, 9.17) is 12.2 Å². The molecule has 3 rings (SSSR count). The van der Waals surface area contributed by atoms with Gasteiger partial charge in [0.1, 0.15) is 5.84 Å². The van der Waals surface area contributed by atoms with E-state index in [2.05, 4.69) is 25.2 Å². The number of nitrogens with one attached hydrogen (secondary N) is 3. The van der Waals surface area contributed by atoms with Gasteiger partial charge in [-0.15, -0.1) is 0 Å². The summed E-state index contributed by atoms with van der Waals surface area (Å²) in [5.41, 5.74) is 0.608. The van der Waals surface area contributed by atoms with Crippen LogP contribution in [0.1, 0.15) is 44.0 Å². The van der Waals surface area contributed by atoms with Crippen LogP contribution < -0.4 is 10.0 Å². The molecule has 0 fully saturated rings. The summed E-state index contributed by atoms with van der Waals surface area (Å²) in [7, 11) is -3.50. The number of amides is 1. The van der Waals surface area contributed by atoms with Crippen LogP contribution in [0.4, 0.5) is 0 Å². The Hall–Kier alpha value is -2.53. The standard InChI is InChI=1S/C18H24N6O3S2/c1-2-24-15(21-22-18(24)28)12-20-16(25)10-4-3-7-11-19-17-13-8-5-6-9-14(13)29(26,27)23-17/h5-6,8-9H,2-4,7,10-12H2,1H3,(H,19,23)(H,20,25)(H,22,28). The van der Waals surface area contributed by atoms with Crippen LogP contribution >= 0.6 is 12.2 Å². The van der Waals surface area contributed by atoms with Crippen LogP contribution in [0.25, 0.3) is 0 Å². The molecule has 2 heterocycles. The number of H-pyrrole nitrogens is 1. The molecule has 156 valence electrons. The summed E-state index contributed by atoms with van der Waals surface area (Å²) >= 11 is 5.12. The zero-order valence-corrected chi connectivity index (χ0v) is 17.8. The minimum Gasteiger partial charge on any atom is -0.349 e. The van der Waals surface area contributed by atoms with Crippen molar-refractivity contribution in [3.63, 3.8) is 0 Å². The molecule has 29 heavy (non-hydrogen) atoms. The van der Waals surface area contributed by atoms with Gasteiger partial charge in [-0.25, -0.2) is 8.42 Å². The van der Waals surface area contributed by atoms with Crippen LogP contribution in [-0.2, 0) is 27.9 Å². The molecular weight excluding hydrogens is 412 g/mol. The Labute approximate surface area is 174 Å². The number of amidine groups is 1.